The zero-order valence-electron chi connectivity index (χ0n) is 11.8. The van der Waals surface area contributed by atoms with Crippen molar-refractivity contribution in [2.24, 2.45) is 0 Å². The average Bonchev–Trinajstić information content (AvgIpc) is 2.49. The number of hydrogen-bond acceptors (Lipinski definition) is 2. The molecule has 5 heteroatoms. The summed E-state index contributed by atoms with van der Waals surface area (Å²) in [6, 6.07) is 17.7. The van der Waals surface area contributed by atoms with Crippen LogP contribution in [0.2, 0.25) is 0 Å². The van der Waals surface area contributed by atoms with Crippen molar-refractivity contribution in [2.75, 3.05) is 0 Å². The molecule has 2 atom stereocenters. The van der Waals surface area contributed by atoms with E-state index in [9.17, 15) is 14.3 Å². The summed E-state index contributed by atoms with van der Waals surface area (Å²) >= 11 is 0. The van der Waals surface area contributed by atoms with Crippen LogP contribution in [0, 0.1) is 0 Å². The molecule has 2 rings (SSSR count). The Morgan fingerprint density at radius 1 is 1.10 bits per heavy atom. The molecule has 0 fully saturated rings. The lowest BCUT2D eigenvalue weighted by Gasteiger charge is -2.20. The summed E-state index contributed by atoms with van der Waals surface area (Å²) in [5.74, 6) is -1.09. The highest BCUT2D eigenvalue weighted by molar-refractivity contribution is 7.66. The Morgan fingerprint density at radius 2 is 1.62 bits per heavy atom. The van der Waals surface area contributed by atoms with Gasteiger partial charge in [-0.2, -0.15) is 0 Å². The maximum absolute atomic E-state index is 12.4. The Hall–Kier alpha value is -1.90. The zero-order chi connectivity index (χ0) is 15.3. The quantitative estimate of drug-likeness (QED) is 0.833. The number of carbonyl (C=O) groups is 1. The number of carbonyl (C=O) groups excluding carboxylic acids is 1. The number of hydrogen-bond donors (Lipinski definition) is 2. The van der Waals surface area contributed by atoms with Crippen LogP contribution in [0.3, 0.4) is 0 Å². The largest absolute Gasteiger partial charge is 0.344 e. The van der Waals surface area contributed by atoms with Crippen molar-refractivity contribution in [3.05, 3.63) is 66.2 Å². The van der Waals surface area contributed by atoms with Gasteiger partial charge in [-0.25, -0.2) is 0 Å². The first-order valence-electron chi connectivity index (χ1n) is 6.71. The molecule has 0 heterocycles. The molecule has 110 valence electrons. The standard InChI is InChI=1S/C16H18NO3P/c1-13(21(19,20)15-10-6-3-7-11-15)17-16(18)12-14-8-4-2-5-9-14/h2-11,13H,12H2,1H3,(H,17,18)(H,19,20)/t13-/m0/s1. The van der Waals surface area contributed by atoms with Crippen LogP contribution in [0.25, 0.3) is 0 Å². The SMILES string of the molecule is C[C@@H](NC(=O)Cc1ccccc1)P(=O)(O)c1ccccc1. The van der Waals surface area contributed by atoms with Crippen molar-refractivity contribution in [1.29, 1.82) is 0 Å². The average molecular weight is 303 g/mol. The lowest BCUT2D eigenvalue weighted by molar-refractivity contribution is -0.120. The van der Waals surface area contributed by atoms with E-state index in [4.69, 9.17) is 0 Å². The maximum atomic E-state index is 12.4. The van der Waals surface area contributed by atoms with E-state index in [-0.39, 0.29) is 12.3 Å². The second-order valence-electron chi connectivity index (χ2n) is 4.86. The van der Waals surface area contributed by atoms with E-state index in [2.05, 4.69) is 5.32 Å². The fourth-order valence-electron chi connectivity index (χ4n) is 2.02. The van der Waals surface area contributed by atoms with Gasteiger partial charge in [0.2, 0.25) is 5.91 Å². The van der Waals surface area contributed by atoms with Gasteiger partial charge in [0, 0.05) is 5.30 Å². The van der Waals surface area contributed by atoms with Crippen molar-refractivity contribution in [3.8, 4) is 0 Å². The van der Waals surface area contributed by atoms with Crippen molar-refractivity contribution in [1.82, 2.24) is 5.32 Å². The highest BCUT2D eigenvalue weighted by Gasteiger charge is 2.30. The lowest BCUT2D eigenvalue weighted by atomic mass is 10.1. The topological polar surface area (TPSA) is 66.4 Å². The van der Waals surface area contributed by atoms with Gasteiger partial charge in [-0.15, -0.1) is 0 Å². The van der Waals surface area contributed by atoms with E-state index in [0.29, 0.717) is 5.30 Å². The summed E-state index contributed by atoms with van der Waals surface area (Å²) in [4.78, 5) is 22.2. The Bertz CT molecular complexity index is 643. The molecule has 0 aliphatic rings. The number of benzene rings is 2. The molecule has 21 heavy (non-hydrogen) atoms. The molecule has 0 bridgehead atoms. The van der Waals surface area contributed by atoms with Crippen LogP contribution in [0.1, 0.15) is 12.5 Å². The van der Waals surface area contributed by atoms with Crippen LogP contribution >= 0.6 is 7.37 Å². The van der Waals surface area contributed by atoms with Gasteiger partial charge < -0.3 is 10.2 Å². The van der Waals surface area contributed by atoms with Gasteiger partial charge >= 0.3 is 0 Å². The molecule has 2 N–H and O–H groups in total. The molecule has 0 aromatic heterocycles. The normalized spacial score (nSPS) is 15.0. The molecule has 4 nitrogen and oxygen atoms in total. The van der Waals surface area contributed by atoms with E-state index in [1.165, 1.54) is 0 Å². The van der Waals surface area contributed by atoms with Gasteiger partial charge in [-0.1, -0.05) is 48.5 Å². The van der Waals surface area contributed by atoms with Crippen LogP contribution in [0.4, 0.5) is 0 Å². The molecule has 0 saturated carbocycles. The maximum Gasteiger partial charge on any atom is 0.250 e. The van der Waals surface area contributed by atoms with Crippen molar-refractivity contribution >= 4 is 18.6 Å². The zero-order valence-corrected chi connectivity index (χ0v) is 12.7. The van der Waals surface area contributed by atoms with E-state index in [0.717, 1.165) is 5.56 Å². The van der Waals surface area contributed by atoms with Gasteiger partial charge in [-0.05, 0) is 24.6 Å². The number of amides is 1. The van der Waals surface area contributed by atoms with Gasteiger partial charge in [0.1, 0.15) is 5.78 Å². The predicted octanol–water partition coefficient (Wildman–Crippen LogP) is 2.29. The minimum absolute atomic E-state index is 0.194. The van der Waals surface area contributed by atoms with Gasteiger partial charge in [0.05, 0.1) is 6.42 Å². The fourth-order valence-corrected chi connectivity index (χ4v) is 3.38. The molecule has 0 spiro atoms. The van der Waals surface area contributed by atoms with E-state index < -0.39 is 13.2 Å². The molecule has 0 aliphatic heterocycles. The fraction of sp³-hybridized carbons (Fsp3) is 0.188. The van der Waals surface area contributed by atoms with E-state index in [1.807, 2.05) is 30.3 Å². The highest BCUT2D eigenvalue weighted by atomic mass is 31.2. The lowest BCUT2D eigenvalue weighted by Crippen LogP contribution is -2.35. The monoisotopic (exact) mass is 303 g/mol. The third-order valence-electron chi connectivity index (χ3n) is 3.23. The molecular formula is C16H18NO3P. The molecule has 2 aromatic carbocycles. The summed E-state index contributed by atoms with van der Waals surface area (Å²) in [5.41, 5.74) is 0.870. The van der Waals surface area contributed by atoms with Crippen LogP contribution in [0.15, 0.2) is 60.7 Å². The smallest absolute Gasteiger partial charge is 0.250 e. The Kier molecular flexibility index (Phi) is 4.94. The predicted molar refractivity (Wildman–Crippen MR) is 83.7 cm³/mol. The van der Waals surface area contributed by atoms with Crippen molar-refractivity contribution in [3.63, 3.8) is 0 Å². The van der Waals surface area contributed by atoms with Gasteiger partial charge in [-0.3, -0.25) is 9.36 Å². The minimum atomic E-state index is -3.63. The molecular weight excluding hydrogens is 285 g/mol. The number of nitrogens with one attached hydrogen (secondary N) is 1. The van der Waals surface area contributed by atoms with E-state index >= 15 is 0 Å². The van der Waals surface area contributed by atoms with Crippen molar-refractivity contribution in [2.45, 2.75) is 19.1 Å². The summed E-state index contributed by atoms with van der Waals surface area (Å²) in [5, 5.41) is 2.96. The molecule has 0 saturated heterocycles. The Balaban J connectivity index is 2.02. The Morgan fingerprint density at radius 3 is 2.19 bits per heavy atom. The Labute approximate surface area is 124 Å². The molecule has 0 radical (unpaired) electrons. The second-order valence-corrected chi connectivity index (χ2v) is 7.40. The minimum Gasteiger partial charge on any atom is -0.344 e. The molecule has 1 unspecified atom stereocenters. The molecule has 0 aliphatic carbocycles. The summed E-state index contributed by atoms with van der Waals surface area (Å²) in [6.45, 7) is 1.55. The summed E-state index contributed by atoms with van der Waals surface area (Å²) < 4.78 is 12.4. The van der Waals surface area contributed by atoms with Gasteiger partial charge in [0.25, 0.3) is 7.37 Å². The first kappa shape index (κ1) is 15.5. The number of rotatable bonds is 5. The van der Waals surface area contributed by atoms with Gasteiger partial charge in [0.15, 0.2) is 0 Å². The molecule has 1 amide bonds. The molecule has 2 aromatic rings. The van der Waals surface area contributed by atoms with Crippen LogP contribution in [-0.4, -0.2) is 16.6 Å². The first-order valence-corrected chi connectivity index (χ1v) is 8.44. The van der Waals surface area contributed by atoms with Crippen LogP contribution in [-0.2, 0) is 15.8 Å². The van der Waals surface area contributed by atoms with Crippen LogP contribution in [0.5, 0.6) is 0 Å². The first-order chi connectivity index (χ1) is 10.00. The van der Waals surface area contributed by atoms with Crippen LogP contribution < -0.4 is 10.6 Å². The third kappa shape index (κ3) is 4.03. The summed E-state index contributed by atoms with van der Waals surface area (Å²) in [7, 11) is -3.63. The second kappa shape index (κ2) is 6.70. The van der Waals surface area contributed by atoms with E-state index in [1.54, 1.807) is 37.3 Å². The third-order valence-corrected chi connectivity index (χ3v) is 5.45. The summed E-state index contributed by atoms with van der Waals surface area (Å²) in [6.07, 6.45) is 0.194. The van der Waals surface area contributed by atoms with Crippen molar-refractivity contribution < 1.29 is 14.3 Å². The highest BCUT2D eigenvalue weighted by Crippen LogP contribution is 2.43.